The molecule has 0 amide bonds. The first kappa shape index (κ1) is 38.8. The van der Waals surface area contributed by atoms with Crippen molar-refractivity contribution in [2.75, 3.05) is 46.1 Å². The highest BCUT2D eigenvalue weighted by Gasteiger charge is 2.16. The van der Waals surface area contributed by atoms with E-state index in [1.807, 2.05) is 0 Å². The smallest absolute Gasteiger partial charge is 0.0900 e. The number of hydrogen-bond acceptors (Lipinski definition) is 5. The molecule has 0 fully saturated rings. The zero-order valence-electron chi connectivity index (χ0n) is 26.8. The molecule has 0 radical (unpaired) electrons. The van der Waals surface area contributed by atoms with Gasteiger partial charge in [-0.2, -0.15) is 0 Å². The average Bonchev–Trinajstić information content (AvgIpc) is 2.92. The minimum absolute atomic E-state index is 0.383. The number of aliphatic hydroxyl groups excluding tert-OH is 2. The largest absolute Gasteiger partial charge is 0.389 e. The van der Waals surface area contributed by atoms with Crippen LogP contribution in [0.1, 0.15) is 162 Å². The Morgan fingerprint density at radius 2 is 0.744 bits per heavy atom. The standard InChI is InChI=1S/C34H71NO4/c1-4-7-10-13-16-17-18-19-20-23-26-35(29-33(36)31-38-27-24-21-14-11-8-5-2)30-34(37)32-39-28-25-22-15-12-9-6-3/h33-34,36-37H,4-32H2,1-3H3. The van der Waals surface area contributed by atoms with E-state index in [0.717, 1.165) is 39.0 Å². The molecule has 0 aliphatic carbocycles. The second kappa shape index (κ2) is 32.3. The molecule has 0 aliphatic rings. The zero-order chi connectivity index (χ0) is 28.7. The van der Waals surface area contributed by atoms with Gasteiger partial charge in [-0.1, -0.05) is 143 Å². The third-order valence-electron chi connectivity index (χ3n) is 7.67. The lowest BCUT2D eigenvalue weighted by Gasteiger charge is -2.27. The van der Waals surface area contributed by atoms with Gasteiger partial charge in [-0.05, 0) is 25.8 Å². The summed E-state index contributed by atoms with van der Waals surface area (Å²) in [6.45, 7) is 11.0. The summed E-state index contributed by atoms with van der Waals surface area (Å²) < 4.78 is 11.6. The number of aliphatic hydroxyl groups is 2. The summed E-state index contributed by atoms with van der Waals surface area (Å²) in [5.74, 6) is 0. The Morgan fingerprint density at radius 3 is 1.10 bits per heavy atom. The van der Waals surface area contributed by atoms with E-state index in [1.165, 1.54) is 122 Å². The minimum Gasteiger partial charge on any atom is -0.389 e. The number of rotatable bonds is 33. The van der Waals surface area contributed by atoms with E-state index < -0.39 is 12.2 Å². The van der Waals surface area contributed by atoms with Crippen molar-refractivity contribution < 1.29 is 19.7 Å². The van der Waals surface area contributed by atoms with Crippen molar-refractivity contribution in [3.63, 3.8) is 0 Å². The third-order valence-corrected chi connectivity index (χ3v) is 7.67. The van der Waals surface area contributed by atoms with Gasteiger partial charge in [0.15, 0.2) is 0 Å². The van der Waals surface area contributed by atoms with Crippen molar-refractivity contribution in [2.45, 2.75) is 174 Å². The molecule has 5 heteroatoms. The van der Waals surface area contributed by atoms with Gasteiger partial charge >= 0.3 is 0 Å². The highest BCUT2D eigenvalue weighted by Crippen LogP contribution is 2.12. The molecule has 39 heavy (non-hydrogen) atoms. The Bertz CT molecular complexity index is 423. The van der Waals surface area contributed by atoms with Crippen LogP contribution in [-0.2, 0) is 9.47 Å². The van der Waals surface area contributed by atoms with E-state index in [2.05, 4.69) is 25.7 Å². The van der Waals surface area contributed by atoms with Crippen molar-refractivity contribution in [3.05, 3.63) is 0 Å². The summed E-state index contributed by atoms with van der Waals surface area (Å²) in [6.07, 6.45) is 27.1. The van der Waals surface area contributed by atoms with E-state index in [-0.39, 0.29) is 0 Å². The van der Waals surface area contributed by atoms with E-state index >= 15 is 0 Å². The average molecular weight is 558 g/mol. The van der Waals surface area contributed by atoms with E-state index in [9.17, 15) is 10.2 Å². The topological polar surface area (TPSA) is 62.2 Å². The number of hydrogen-bond donors (Lipinski definition) is 2. The Hall–Kier alpha value is -0.200. The summed E-state index contributed by atoms with van der Waals surface area (Å²) in [5.41, 5.74) is 0. The molecule has 0 rings (SSSR count). The molecular weight excluding hydrogens is 486 g/mol. The second-order valence-electron chi connectivity index (χ2n) is 11.9. The monoisotopic (exact) mass is 558 g/mol. The number of unbranched alkanes of at least 4 members (excludes halogenated alkanes) is 19. The second-order valence-corrected chi connectivity index (χ2v) is 11.9. The molecule has 0 saturated heterocycles. The maximum Gasteiger partial charge on any atom is 0.0900 e. The molecule has 236 valence electrons. The van der Waals surface area contributed by atoms with Gasteiger partial charge in [0, 0.05) is 26.3 Å². The Balaban J connectivity index is 4.19. The molecule has 0 aromatic carbocycles. The predicted octanol–water partition coefficient (Wildman–Crippen LogP) is 8.69. The predicted molar refractivity (Wildman–Crippen MR) is 169 cm³/mol. The van der Waals surface area contributed by atoms with Gasteiger partial charge in [0.1, 0.15) is 0 Å². The third kappa shape index (κ3) is 30.6. The van der Waals surface area contributed by atoms with Crippen LogP contribution in [0.4, 0.5) is 0 Å². The van der Waals surface area contributed by atoms with Crippen LogP contribution in [-0.4, -0.2) is 73.4 Å². The summed E-state index contributed by atoms with van der Waals surface area (Å²) in [6, 6.07) is 0. The van der Waals surface area contributed by atoms with Crippen LogP contribution in [0.15, 0.2) is 0 Å². The van der Waals surface area contributed by atoms with Gasteiger partial charge in [-0.15, -0.1) is 0 Å². The van der Waals surface area contributed by atoms with Crippen molar-refractivity contribution in [3.8, 4) is 0 Å². The Labute approximate surface area is 244 Å². The summed E-state index contributed by atoms with van der Waals surface area (Å²) in [4.78, 5) is 2.22. The molecule has 0 heterocycles. The SMILES string of the molecule is CCCCCCCCCCCCN(CC(O)COCCCCCCCC)CC(O)COCCCCCCCC. The Kier molecular flexibility index (Phi) is 32.2. The lowest BCUT2D eigenvalue weighted by molar-refractivity contribution is -0.0113. The van der Waals surface area contributed by atoms with Crippen LogP contribution in [0, 0.1) is 0 Å². The first-order chi connectivity index (χ1) is 19.1. The fraction of sp³-hybridized carbons (Fsp3) is 1.00. The lowest BCUT2D eigenvalue weighted by atomic mass is 10.1. The molecule has 2 N–H and O–H groups in total. The quantitative estimate of drug-likeness (QED) is 0.0790. The van der Waals surface area contributed by atoms with E-state index in [1.54, 1.807) is 0 Å². The number of nitrogens with zero attached hydrogens (tertiary/aromatic N) is 1. The lowest BCUT2D eigenvalue weighted by Crippen LogP contribution is -2.41. The molecule has 5 nitrogen and oxygen atoms in total. The van der Waals surface area contributed by atoms with E-state index in [0.29, 0.717) is 26.3 Å². The maximum absolute atomic E-state index is 10.6. The zero-order valence-corrected chi connectivity index (χ0v) is 26.8. The molecule has 0 aliphatic heterocycles. The van der Waals surface area contributed by atoms with Gasteiger partial charge in [0.2, 0.25) is 0 Å². The summed E-state index contributed by atoms with van der Waals surface area (Å²) in [5, 5.41) is 21.2. The molecule has 0 aromatic rings. The van der Waals surface area contributed by atoms with Crippen LogP contribution >= 0.6 is 0 Å². The summed E-state index contributed by atoms with van der Waals surface area (Å²) >= 11 is 0. The van der Waals surface area contributed by atoms with Gasteiger partial charge in [-0.3, -0.25) is 4.90 Å². The van der Waals surface area contributed by atoms with Crippen molar-refractivity contribution >= 4 is 0 Å². The highest BCUT2D eigenvalue weighted by molar-refractivity contribution is 4.69. The van der Waals surface area contributed by atoms with Crippen molar-refractivity contribution in [1.82, 2.24) is 4.90 Å². The van der Waals surface area contributed by atoms with Gasteiger partial charge in [0.05, 0.1) is 25.4 Å². The van der Waals surface area contributed by atoms with Crippen LogP contribution in [0.3, 0.4) is 0 Å². The van der Waals surface area contributed by atoms with Gasteiger partial charge < -0.3 is 19.7 Å². The van der Waals surface area contributed by atoms with Gasteiger partial charge in [0.25, 0.3) is 0 Å². The molecule has 0 spiro atoms. The fourth-order valence-electron chi connectivity index (χ4n) is 5.19. The molecule has 0 aromatic heterocycles. The Morgan fingerprint density at radius 1 is 0.436 bits per heavy atom. The molecule has 0 saturated carbocycles. The van der Waals surface area contributed by atoms with Crippen LogP contribution in [0.5, 0.6) is 0 Å². The first-order valence-corrected chi connectivity index (χ1v) is 17.4. The molecule has 0 bridgehead atoms. The first-order valence-electron chi connectivity index (χ1n) is 17.4. The van der Waals surface area contributed by atoms with Crippen LogP contribution in [0.25, 0.3) is 0 Å². The summed E-state index contributed by atoms with van der Waals surface area (Å²) in [7, 11) is 0. The number of ether oxygens (including phenoxy) is 2. The van der Waals surface area contributed by atoms with Crippen LogP contribution in [0.2, 0.25) is 0 Å². The molecule has 2 atom stereocenters. The molecule has 2 unspecified atom stereocenters. The maximum atomic E-state index is 10.6. The van der Waals surface area contributed by atoms with E-state index in [4.69, 9.17) is 9.47 Å². The van der Waals surface area contributed by atoms with Gasteiger partial charge in [-0.25, -0.2) is 0 Å². The fourth-order valence-corrected chi connectivity index (χ4v) is 5.19. The van der Waals surface area contributed by atoms with Crippen molar-refractivity contribution in [2.24, 2.45) is 0 Å². The van der Waals surface area contributed by atoms with Crippen LogP contribution < -0.4 is 0 Å². The molecular formula is C34H71NO4. The minimum atomic E-state index is -0.510. The normalized spacial score (nSPS) is 13.4. The highest BCUT2D eigenvalue weighted by atomic mass is 16.5. The van der Waals surface area contributed by atoms with Crippen molar-refractivity contribution in [1.29, 1.82) is 0 Å².